The van der Waals surface area contributed by atoms with Crippen molar-refractivity contribution in [3.8, 4) is 0 Å². The van der Waals surface area contributed by atoms with Gasteiger partial charge in [0.25, 0.3) is 0 Å². The zero-order valence-electron chi connectivity index (χ0n) is 12.6. The Balaban J connectivity index is 2.55. The van der Waals surface area contributed by atoms with Crippen molar-refractivity contribution >= 4 is 11.9 Å². The number of esters is 1. The summed E-state index contributed by atoms with van der Waals surface area (Å²) in [6.45, 7) is 8.76. The van der Waals surface area contributed by atoms with Gasteiger partial charge in [-0.15, -0.1) is 0 Å². The summed E-state index contributed by atoms with van der Waals surface area (Å²) in [5.41, 5.74) is 0. The van der Waals surface area contributed by atoms with Crippen LogP contribution >= 0.6 is 0 Å². The highest BCUT2D eigenvalue weighted by Crippen LogP contribution is 2.33. The van der Waals surface area contributed by atoms with Gasteiger partial charge in [-0.25, -0.2) is 4.79 Å². The standard InChI is InChI=1S/C15H27NO3/c1-5-8-19-15(18)14(17)16-13-9-11(4)6-7-12(13)10(2)3/h10-13H,5-9H2,1-4H3,(H,16,17). The normalized spacial score (nSPS) is 27.1. The summed E-state index contributed by atoms with van der Waals surface area (Å²) in [6.07, 6.45) is 4.01. The van der Waals surface area contributed by atoms with Gasteiger partial charge in [0.15, 0.2) is 0 Å². The molecule has 3 atom stereocenters. The molecule has 0 saturated heterocycles. The molecule has 4 nitrogen and oxygen atoms in total. The fraction of sp³-hybridized carbons (Fsp3) is 0.867. The molecule has 0 aromatic heterocycles. The zero-order chi connectivity index (χ0) is 14.4. The summed E-state index contributed by atoms with van der Waals surface area (Å²) < 4.78 is 4.87. The van der Waals surface area contributed by atoms with Crippen LogP contribution in [0.1, 0.15) is 53.4 Å². The van der Waals surface area contributed by atoms with E-state index in [1.165, 1.54) is 6.42 Å². The number of carbonyl (C=O) groups excluding carboxylic acids is 2. The third-order valence-corrected chi connectivity index (χ3v) is 3.96. The summed E-state index contributed by atoms with van der Waals surface area (Å²) in [6, 6.07) is 0.102. The van der Waals surface area contributed by atoms with E-state index in [2.05, 4.69) is 26.1 Å². The number of hydrogen-bond donors (Lipinski definition) is 1. The first-order chi connectivity index (χ1) is 8.95. The lowest BCUT2D eigenvalue weighted by atomic mass is 9.74. The Morgan fingerprint density at radius 2 is 2.00 bits per heavy atom. The van der Waals surface area contributed by atoms with Crippen LogP contribution in [0.15, 0.2) is 0 Å². The molecule has 1 amide bonds. The van der Waals surface area contributed by atoms with Gasteiger partial charge in [-0.2, -0.15) is 0 Å². The van der Waals surface area contributed by atoms with Crippen molar-refractivity contribution in [3.05, 3.63) is 0 Å². The molecule has 0 aromatic rings. The molecule has 0 aliphatic heterocycles. The van der Waals surface area contributed by atoms with E-state index < -0.39 is 11.9 Å². The minimum atomic E-state index is -0.748. The van der Waals surface area contributed by atoms with Crippen LogP contribution in [0, 0.1) is 17.8 Å². The average Bonchev–Trinajstić information content (AvgIpc) is 2.35. The Kier molecular flexibility index (Phi) is 6.32. The molecule has 1 saturated carbocycles. The van der Waals surface area contributed by atoms with Gasteiger partial charge in [-0.3, -0.25) is 4.79 Å². The molecule has 1 rings (SSSR count). The van der Waals surface area contributed by atoms with Gasteiger partial charge in [0.05, 0.1) is 6.61 Å². The minimum Gasteiger partial charge on any atom is -0.459 e. The molecule has 1 aliphatic carbocycles. The first-order valence-corrected chi connectivity index (χ1v) is 7.43. The van der Waals surface area contributed by atoms with Gasteiger partial charge in [0, 0.05) is 6.04 Å². The number of ether oxygens (including phenoxy) is 1. The van der Waals surface area contributed by atoms with Gasteiger partial charge >= 0.3 is 11.9 Å². The quantitative estimate of drug-likeness (QED) is 0.630. The summed E-state index contributed by atoms with van der Waals surface area (Å²) in [7, 11) is 0. The lowest BCUT2D eigenvalue weighted by Gasteiger charge is -2.37. The maximum atomic E-state index is 11.8. The van der Waals surface area contributed by atoms with E-state index >= 15 is 0 Å². The van der Waals surface area contributed by atoms with Crippen LogP contribution in [-0.2, 0) is 14.3 Å². The van der Waals surface area contributed by atoms with E-state index in [9.17, 15) is 9.59 Å². The first-order valence-electron chi connectivity index (χ1n) is 7.43. The Bertz CT molecular complexity index is 315. The Hall–Kier alpha value is -1.06. The zero-order valence-corrected chi connectivity index (χ0v) is 12.6. The highest BCUT2D eigenvalue weighted by atomic mass is 16.5. The third kappa shape index (κ3) is 4.84. The van der Waals surface area contributed by atoms with E-state index in [0.29, 0.717) is 24.4 Å². The second kappa shape index (κ2) is 7.51. The molecule has 1 fully saturated rings. The van der Waals surface area contributed by atoms with Crippen LogP contribution in [0.25, 0.3) is 0 Å². The summed E-state index contributed by atoms with van der Waals surface area (Å²) in [5, 5.41) is 2.88. The largest absolute Gasteiger partial charge is 0.459 e. The van der Waals surface area contributed by atoms with E-state index in [1.807, 2.05) is 6.92 Å². The molecule has 0 radical (unpaired) electrons. The van der Waals surface area contributed by atoms with Gasteiger partial charge in [-0.1, -0.05) is 34.1 Å². The number of carbonyl (C=O) groups is 2. The third-order valence-electron chi connectivity index (χ3n) is 3.96. The number of hydrogen-bond acceptors (Lipinski definition) is 3. The molecule has 0 spiro atoms. The Morgan fingerprint density at radius 1 is 1.32 bits per heavy atom. The van der Waals surface area contributed by atoms with Crippen molar-refractivity contribution < 1.29 is 14.3 Å². The molecule has 1 N–H and O–H groups in total. The average molecular weight is 269 g/mol. The maximum Gasteiger partial charge on any atom is 0.396 e. The van der Waals surface area contributed by atoms with Crippen molar-refractivity contribution in [1.29, 1.82) is 0 Å². The lowest BCUT2D eigenvalue weighted by molar-refractivity contribution is -0.155. The summed E-state index contributed by atoms with van der Waals surface area (Å²) >= 11 is 0. The minimum absolute atomic E-state index is 0.102. The van der Waals surface area contributed by atoms with Gasteiger partial charge in [-0.05, 0) is 37.0 Å². The van der Waals surface area contributed by atoms with E-state index in [-0.39, 0.29) is 6.04 Å². The highest BCUT2D eigenvalue weighted by molar-refractivity contribution is 6.32. The van der Waals surface area contributed by atoms with Gasteiger partial charge in [0.1, 0.15) is 0 Å². The monoisotopic (exact) mass is 269 g/mol. The van der Waals surface area contributed by atoms with Crippen LogP contribution in [0.3, 0.4) is 0 Å². The van der Waals surface area contributed by atoms with Crippen molar-refractivity contribution in [1.82, 2.24) is 5.32 Å². The molecule has 0 bridgehead atoms. The highest BCUT2D eigenvalue weighted by Gasteiger charge is 2.33. The van der Waals surface area contributed by atoms with Crippen LogP contribution in [-0.4, -0.2) is 24.5 Å². The van der Waals surface area contributed by atoms with Crippen LogP contribution in [0.2, 0.25) is 0 Å². The van der Waals surface area contributed by atoms with Gasteiger partial charge < -0.3 is 10.1 Å². The van der Waals surface area contributed by atoms with E-state index in [0.717, 1.165) is 19.3 Å². The number of nitrogens with one attached hydrogen (secondary N) is 1. The molecule has 19 heavy (non-hydrogen) atoms. The molecule has 0 heterocycles. The fourth-order valence-corrected chi connectivity index (χ4v) is 2.86. The fourth-order valence-electron chi connectivity index (χ4n) is 2.86. The summed E-state index contributed by atoms with van der Waals surface area (Å²) in [5.74, 6) is 0.247. The molecule has 110 valence electrons. The SMILES string of the molecule is CCCOC(=O)C(=O)NC1CC(C)CCC1C(C)C. The van der Waals surface area contributed by atoms with Crippen LogP contribution in [0.4, 0.5) is 0 Å². The summed E-state index contributed by atoms with van der Waals surface area (Å²) in [4.78, 5) is 23.3. The molecule has 3 unspecified atom stereocenters. The van der Waals surface area contributed by atoms with Crippen molar-refractivity contribution in [2.45, 2.75) is 59.4 Å². The molecular weight excluding hydrogens is 242 g/mol. The topological polar surface area (TPSA) is 55.4 Å². The smallest absolute Gasteiger partial charge is 0.396 e. The Labute approximate surface area is 116 Å². The van der Waals surface area contributed by atoms with Crippen molar-refractivity contribution in [2.75, 3.05) is 6.61 Å². The van der Waals surface area contributed by atoms with Crippen molar-refractivity contribution in [2.24, 2.45) is 17.8 Å². The number of amides is 1. The van der Waals surface area contributed by atoms with Crippen LogP contribution < -0.4 is 5.32 Å². The molecule has 4 heteroatoms. The second-order valence-electron chi connectivity index (χ2n) is 6.04. The Morgan fingerprint density at radius 3 is 2.58 bits per heavy atom. The van der Waals surface area contributed by atoms with Crippen LogP contribution in [0.5, 0.6) is 0 Å². The first kappa shape index (κ1) is 16.0. The van der Waals surface area contributed by atoms with Crippen molar-refractivity contribution in [3.63, 3.8) is 0 Å². The molecule has 0 aromatic carbocycles. The lowest BCUT2D eigenvalue weighted by Crippen LogP contribution is -2.48. The van der Waals surface area contributed by atoms with E-state index in [1.54, 1.807) is 0 Å². The molecular formula is C15H27NO3. The maximum absolute atomic E-state index is 11.8. The second-order valence-corrected chi connectivity index (χ2v) is 6.04. The number of rotatable bonds is 4. The predicted octanol–water partition coefficient (Wildman–Crippen LogP) is 2.52. The van der Waals surface area contributed by atoms with E-state index in [4.69, 9.17) is 4.74 Å². The predicted molar refractivity (Wildman–Crippen MR) is 74.5 cm³/mol. The van der Waals surface area contributed by atoms with Gasteiger partial charge in [0.2, 0.25) is 0 Å². The molecule has 1 aliphatic rings.